The van der Waals surface area contributed by atoms with E-state index in [0.29, 0.717) is 17.1 Å². The maximum atomic E-state index is 12.5. The fraction of sp³-hybridized carbons (Fsp3) is 0.214. The second kappa shape index (κ2) is 3.79. The van der Waals surface area contributed by atoms with E-state index in [9.17, 15) is 14.4 Å². The highest BCUT2D eigenvalue weighted by atomic mass is 16.2. The van der Waals surface area contributed by atoms with Crippen LogP contribution in [0.2, 0.25) is 0 Å². The molecule has 8 nitrogen and oxygen atoms in total. The molecule has 0 bridgehead atoms. The first-order chi connectivity index (χ1) is 10.5. The highest BCUT2D eigenvalue weighted by Crippen LogP contribution is 2.43. The van der Waals surface area contributed by atoms with Crippen LogP contribution in [0, 0.1) is 0 Å². The molecule has 2 aliphatic heterocycles. The normalized spacial score (nSPS) is 21.1. The number of hydrogen-bond donors (Lipinski definition) is 3. The van der Waals surface area contributed by atoms with Gasteiger partial charge in [0.15, 0.2) is 0 Å². The maximum Gasteiger partial charge on any atom is 0.332 e. The van der Waals surface area contributed by atoms with Crippen molar-refractivity contribution >= 4 is 23.1 Å². The molecule has 0 radical (unpaired) electrons. The lowest BCUT2D eigenvalue weighted by Gasteiger charge is -2.23. The van der Waals surface area contributed by atoms with Gasteiger partial charge in [-0.3, -0.25) is 18.7 Å². The van der Waals surface area contributed by atoms with Crippen LogP contribution >= 0.6 is 0 Å². The average molecular weight is 299 g/mol. The first-order valence-corrected chi connectivity index (χ1v) is 6.73. The maximum absolute atomic E-state index is 12.5. The Morgan fingerprint density at radius 2 is 1.73 bits per heavy atom. The van der Waals surface area contributed by atoms with Crippen molar-refractivity contribution in [2.24, 2.45) is 14.1 Å². The van der Waals surface area contributed by atoms with Gasteiger partial charge < -0.3 is 16.0 Å². The third-order valence-corrected chi connectivity index (χ3v) is 4.20. The number of carbonyl (C=O) groups is 1. The lowest BCUT2D eigenvalue weighted by atomic mass is 10.0. The monoisotopic (exact) mass is 299 g/mol. The van der Waals surface area contributed by atoms with Gasteiger partial charge in [0.1, 0.15) is 11.5 Å². The summed E-state index contributed by atoms with van der Waals surface area (Å²) in [6, 6.07) is 7.20. The second-order valence-electron chi connectivity index (χ2n) is 5.43. The van der Waals surface area contributed by atoms with Gasteiger partial charge in [-0.1, -0.05) is 18.2 Å². The molecule has 3 N–H and O–H groups in total. The van der Waals surface area contributed by atoms with E-state index < -0.39 is 16.9 Å². The summed E-state index contributed by atoms with van der Waals surface area (Å²) in [6.07, 6.45) is 0. The highest BCUT2D eigenvalue weighted by Gasteiger charge is 2.52. The minimum absolute atomic E-state index is 0.205. The number of rotatable bonds is 0. The largest absolute Gasteiger partial charge is 0.344 e. The smallest absolute Gasteiger partial charge is 0.332 e. The number of nitrogens with one attached hydrogen (secondary N) is 3. The molecule has 4 rings (SSSR count). The lowest BCUT2D eigenvalue weighted by Crippen LogP contribution is -2.45. The molecule has 0 saturated carbocycles. The van der Waals surface area contributed by atoms with Crippen molar-refractivity contribution < 1.29 is 4.79 Å². The quantitative estimate of drug-likeness (QED) is 0.622. The topological polar surface area (TPSA) is 97.2 Å². The molecule has 2 aromatic rings. The van der Waals surface area contributed by atoms with Crippen molar-refractivity contribution in [1.82, 2.24) is 9.13 Å². The Morgan fingerprint density at radius 3 is 2.50 bits per heavy atom. The van der Waals surface area contributed by atoms with Crippen LogP contribution in [0.5, 0.6) is 0 Å². The molecule has 1 aromatic heterocycles. The van der Waals surface area contributed by atoms with Crippen LogP contribution in [0.15, 0.2) is 33.9 Å². The zero-order valence-corrected chi connectivity index (χ0v) is 11.9. The van der Waals surface area contributed by atoms with Gasteiger partial charge in [-0.05, 0) is 6.07 Å². The van der Waals surface area contributed by atoms with Crippen LogP contribution < -0.4 is 27.2 Å². The van der Waals surface area contributed by atoms with Crippen LogP contribution in [-0.2, 0) is 24.6 Å². The Bertz CT molecular complexity index is 958. The van der Waals surface area contributed by atoms with E-state index in [-0.39, 0.29) is 11.6 Å². The van der Waals surface area contributed by atoms with Gasteiger partial charge in [0, 0.05) is 25.3 Å². The Morgan fingerprint density at radius 1 is 1.00 bits per heavy atom. The molecule has 3 heterocycles. The SMILES string of the molecule is Cn1c2c(c(=O)n(C)c1=O)N[C@]1(N2)C(=O)Nc2ccccc21. The van der Waals surface area contributed by atoms with E-state index in [1.54, 1.807) is 19.2 Å². The standard InChI is InChI=1S/C14H13N5O3/c1-18-10-9(11(20)19(2)13(18)22)16-14(17-10)7-5-3-4-6-8(7)15-12(14)21/h3-6,16-17H,1-2H3,(H,15,21)/t14-/m1/s1. The number of para-hydroxylation sites is 1. The van der Waals surface area contributed by atoms with Crippen molar-refractivity contribution in [3.05, 3.63) is 50.7 Å². The van der Waals surface area contributed by atoms with E-state index >= 15 is 0 Å². The van der Waals surface area contributed by atoms with Crippen LogP contribution in [0.25, 0.3) is 0 Å². The lowest BCUT2D eigenvalue weighted by molar-refractivity contribution is -0.119. The van der Waals surface area contributed by atoms with Crippen molar-refractivity contribution in [2.45, 2.75) is 5.66 Å². The first kappa shape index (κ1) is 12.7. The van der Waals surface area contributed by atoms with Gasteiger partial charge in [0.2, 0.25) is 5.66 Å². The summed E-state index contributed by atoms with van der Waals surface area (Å²) in [5.74, 6) is -0.0145. The molecular weight excluding hydrogens is 286 g/mol. The second-order valence-corrected chi connectivity index (χ2v) is 5.43. The molecule has 1 amide bonds. The van der Waals surface area contributed by atoms with Crippen molar-refractivity contribution in [1.29, 1.82) is 0 Å². The number of fused-ring (bicyclic) bond motifs is 3. The molecule has 1 aromatic carbocycles. The fourth-order valence-electron chi connectivity index (χ4n) is 3.01. The molecule has 1 atom stereocenters. The van der Waals surface area contributed by atoms with Gasteiger partial charge >= 0.3 is 5.69 Å². The molecule has 0 saturated heterocycles. The van der Waals surface area contributed by atoms with E-state index in [2.05, 4.69) is 16.0 Å². The van der Waals surface area contributed by atoms with E-state index in [4.69, 9.17) is 0 Å². The summed E-state index contributed by atoms with van der Waals surface area (Å²) in [7, 11) is 2.95. The van der Waals surface area contributed by atoms with Crippen molar-refractivity contribution in [3.8, 4) is 0 Å². The summed E-state index contributed by atoms with van der Waals surface area (Å²) in [4.78, 5) is 36.8. The van der Waals surface area contributed by atoms with Crippen molar-refractivity contribution in [3.63, 3.8) is 0 Å². The number of aromatic nitrogens is 2. The Labute approximate surface area is 124 Å². The number of benzene rings is 1. The van der Waals surface area contributed by atoms with Crippen molar-refractivity contribution in [2.75, 3.05) is 16.0 Å². The van der Waals surface area contributed by atoms with E-state index in [1.165, 1.54) is 11.6 Å². The number of amides is 1. The Kier molecular flexibility index (Phi) is 2.18. The minimum Gasteiger partial charge on any atom is -0.344 e. The molecule has 112 valence electrons. The zero-order valence-electron chi connectivity index (χ0n) is 11.9. The molecule has 8 heteroatoms. The molecule has 0 fully saturated rings. The first-order valence-electron chi connectivity index (χ1n) is 6.73. The third kappa shape index (κ3) is 1.29. The van der Waals surface area contributed by atoms with Crippen LogP contribution in [-0.4, -0.2) is 15.0 Å². The zero-order chi connectivity index (χ0) is 15.6. The Hall–Kier alpha value is -3.03. The summed E-state index contributed by atoms with van der Waals surface area (Å²) < 4.78 is 2.32. The van der Waals surface area contributed by atoms with Crippen LogP contribution in [0.3, 0.4) is 0 Å². The number of carbonyl (C=O) groups excluding carboxylic acids is 1. The van der Waals surface area contributed by atoms with E-state index in [0.717, 1.165) is 4.57 Å². The summed E-state index contributed by atoms with van der Waals surface area (Å²) in [5, 5.41) is 8.77. The molecule has 1 spiro atoms. The summed E-state index contributed by atoms with van der Waals surface area (Å²) in [5.41, 5.74) is -0.637. The third-order valence-electron chi connectivity index (χ3n) is 4.20. The predicted octanol–water partition coefficient (Wildman–Crippen LogP) is -0.273. The number of nitrogens with zero attached hydrogens (tertiary/aromatic N) is 2. The highest BCUT2D eigenvalue weighted by molar-refractivity contribution is 6.11. The van der Waals surface area contributed by atoms with Gasteiger partial charge in [0.25, 0.3) is 11.5 Å². The number of anilines is 3. The predicted molar refractivity (Wildman–Crippen MR) is 80.9 cm³/mol. The fourth-order valence-corrected chi connectivity index (χ4v) is 3.01. The summed E-state index contributed by atoms with van der Waals surface area (Å²) >= 11 is 0. The molecule has 22 heavy (non-hydrogen) atoms. The van der Waals surface area contributed by atoms with Gasteiger partial charge in [0.05, 0.1) is 0 Å². The Balaban J connectivity index is 1.99. The molecule has 0 aliphatic carbocycles. The average Bonchev–Trinajstić information content (AvgIpc) is 3.04. The molecular formula is C14H13N5O3. The minimum atomic E-state index is -1.27. The van der Waals surface area contributed by atoms with Gasteiger partial charge in [-0.25, -0.2) is 4.79 Å². The summed E-state index contributed by atoms with van der Waals surface area (Å²) in [6.45, 7) is 0. The molecule has 0 unspecified atom stereocenters. The molecule has 2 aliphatic rings. The van der Waals surface area contributed by atoms with E-state index in [1.807, 2.05) is 12.1 Å². The van der Waals surface area contributed by atoms with Crippen LogP contribution in [0.4, 0.5) is 17.2 Å². The number of hydrogen-bond acceptors (Lipinski definition) is 5. The van der Waals surface area contributed by atoms with Gasteiger partial charge in [-0.2, -0.15) is 0 Å². The van der Waals surface area contributed by atoms with Crippen LogP contribution in [0.1, 0.15) is 5.56 Å². The van der Waals surface area contributed by atoms with Gasteiger partial charge in [-0.15, -0.1) is 0 Å².